The SMILES string of the molecule is CC(C)(C)OC(=O)N1CCCC(Oc2ccc3[nH]ncc3c2)C1. The van der Waals surface area contributed by atoms with Crippen molar-refractivity contribution in [3.63, 3.8) is 0 Å². The molecule has 1 atom stereocenters. The van der Waals surface area contributed by atoms with Crippen molar-refractivity contribution in [3.8, 4) is 5.75 Å². The second-order valence-corrected chi connectivity index (χ2v) is 6.93. The van der Waals surface area contributed by atoms with Crippen LogP contribution in [0.3, 0.4) is 0 Å². The largest absolute Gasteiger partial charge is 0.489 e. The zero-order chi connectivity index (χ0) is 16.4. The van der Waals surface area contributed by atoms with Crippen LogP contribution in [0.25, 0.3) is 10.9 Å². The van der Waals surface area contributed by atoms with Crippen LogP contribution in [0.5, 0.6) is 5.75 Å². The Hall–Kier alpha value is -2.24. The summed E-state index contributed by atoms with van der Waals surface area (Å²) in [5, 5.41) is 7.94. The molecule has 1 aliphatic rings. The molecule has 6 heteroatoms. The fraction of sp³-hybridized carbons (Fsp3) is 0.529. The molecular weight excluding hydrogens is 294 g/mol. The summed E-state index contributed by atoms with van der Waals surface area (Å²) in [7, 11) is 0. The van der Waals surface area contributed by atoms with Crippen LogP contribution in [0.1, 0.15) is 33.6 Å². The number of aromatic amines is 1. The molecule has 0 spiro atoms. The fourth-order valence-electron chi connectivity index (χ4n) is 2.71. The quantitative estimate of drug-likeness (QED) is 0.922. The van der Waals surface area contributed by atoms with Crippen LogP contribution in [0.15, 0.2) is 24.4 Å². The number of ether oxygens (including phenoxy) is 2. The first-order valence-corrected chi connectivity index (χ1v) is 7.98. The number of rotatable bonds is 2. The van der Waals surface area contributed by atoms with E-state index in [4.69, 9.17) is 9.47 Å². The second-order valence-electron chi connectivity index (χ2n) is 6.93. The molecule has 3 rings (SSSR count). The van der Waals surface area contributed by atoms with Gasteiger partial charge in [-0.2, -0.15) is 5.10 Å². The summed E-state index contributed by atoms with van der Waals surface area (Å²) >= 11 is 0. The minimum Gasteiger partial charge on any atom is -0.489 e. The summed E-state index contributed by atoms with van der Waals surface area (Å²) < 4.78 is 11.5. The van der Waals surface area contributed by atoms with Gasteiger partial charge in [0.1, 0.15) is 17.5 Å². The van der Waals surface area contributed by atoms with Crippen LogP contribution in [0, 0.1) is 0 Å². The van der Waals surface area contributed by atoms with Crippen LogP contribution < -0.4 is 4.74 Å². The van der Waals surface area contributed by atoms with E-state index in [0.717, 1.165) is 36.0 Å². The number of amides is 1. The lowest BCUT2D eigenvalue weighted by atomic mass is 10.1. The fourth-order valence-corrected chi connectivity index (χ4v) is 2.71. The molecule has 124 valence electrons. The highest BCUT2D eigenvalue weighted by Gasteiger charge is 2.28. The molecule has 0 bridgehead atoms. The molecular formula is C17H23N3O3. The van der Waals surface area contributed by atoms with Gasteiger partial charge in [-0.25, -0.2) is 4.79 Å². The number of fused-ring (bicyclic) bond motifs is 1. The number of aromatic nitrogens is 2. The Morgan fingerprint density at radius 3 is 3.00 bits per heavy atom. The van der Waals surface area contributed by atoms with Crippen LogP contribution in [-0.4, -0.2) is 46.0 Å². The smallest absolute Gasteiger partial charge is 0.410 e. The van der Waals surface area contributed by atoms with E-state index in [1.54, 1.807) is 11.1 Å². The summed E-state index contributed by atoms with van der Waals surface area (Å²) in [4.78, 5) is 13.9. The molecule has 1 amide bonds. The van der Waals surface area contributed by atoms with Crippen molar-refractivity contribution in [2.45, 2.75) is 45.3 Å². The van der Waals surface area contributed by atoms with E-state index in [9.17, 15) is 4.79 Å². The topological polar surface area (TPSA) is 67.4 Å². The minimum atomic E-state index is -0.475. The third-order valence-corrected chi connectivity index (χ3v) is 3.74. The molecule has 23 heavy (non-hydrogen) atoms. The monoisotopic (exact) mass is 317 g/mol. The summed E-state index contributed by atoms with van der Waals surface area (Å²) in [5.74, 6) is 0.801. The highest BCUT2D eigenvalue weighted by Crippen LogP contribution is 2.23. The van der Waals surface area contributed by atoms with E-state index in [2.05, 4.69) is 10.2 Å². The number of benzene rings is 1. The highest BCUT2D eigenvalue weighted by molar-refractivity contribution is 5.79. The van der Waals surface area contributed by atoms with Crippen LogP contribution in [0.2, 0.25) is 0 Å². The van der Waals surface area contributed by atoms with Crippen molar-refractivity contribution in [1.29, 1.82) is 0 Å². The molecule has 6 nitrogen and oxygen atoms in total. The number of H-pyrrole nitrogens is 1. The van der Waals surface area contributed by atoms with Gasteiger partial charge in [0.15, 0.2) is 0 Å². The van der Waals surface area contributed by atoms with E-state index in [1.807, 2.05) is 39.0 Å². The number of nitrogens with one attached hydrogen (secondary N) is 1. The summed E-state index contributed by atoms with van der Waals surface area (Å²) in [6.45, 7) is 6.91. The first-order chi connectivity index (χ1) is 10.9. The van der Waals surface area contributed by atoms with Gasteiger partial charge < -0.3 is 14.4 Å². The third kappa shape index (κ3) is 3.94. The van der Waals surface area contributed by atoms with Gasteiger partial charge >= 0.3 is 6.09 Å². The van der Waals surface area contributed by atoms with Gasteiger partial charge in [-0.15, -0.1) is 0 Å². The molecule has 1 aliphatic heterocycles. The Morgan fingerprint density at radius 1 is 1.39 bits per heavy atom. The van der Waals surface area contributed by atoms with Crippen molar-refractivity contribution < 1.29 is 14.3 Å². The number of nitrogens with zero attached hydrogens (tertiary/aromatic N) is 2. The average molecular weight is 317 g/mol. The molecule has 1 aromatic heterocycles. The van der Waals surface area contributed by atoms with Crippen molar-refractivity contribution in [1.82, 2.24) is 15.1 Å². The Bertz CT molecular complexity index is 690. The molecule has 1 N–H and O–H groups in total. The molecule has 1 fully saturated rings. The molecule has 2 aromatic rings. The van der Waals surface area contributed by atoms with Crippen LogP contribution >= 0.6 is 0 Å². The average Bonchev–Trinajstić information content (AvgIpc) is 2.93. The van der Waals surface area contributed by atoms with Gasteiger partial charge in [-0.3, -0.25) is 5.10 Å². The first kappa shape index (κ1) is 15.6. The Balaban J connectivity index is 1.63. The maximum Gasteiger partial charge on any atom is 0.410 e. The van der Waals surface area contributed by atoms with E-state index < -0.39 is 5.60 Å². The third-order valence-electron chi connectivity index (χ3n) is 3.74. The van der Waals surface area contributed by atoms with E-state index in [-0.39, 0.29) is 12.2 Å². The molecule has 0 radical (unpaired) electrons. The molecule has 1 saturated heterocycles. The van der Waals surface area contributed by atoms with Gasteiger partial charge in [0.25, 0.3) is 0 Å². The van der Waals surface area contributed by atoms with Crippen molar-refractivity contribution >= 4 is 17.0 Å². The first-order valence-electron chi connectivity index (χ1n) is 7.98. The number of carbonyl (C=O) groups excluding carboxylic acids is 1. The number of piperidine rings is 1. The van der Waals surface area contributed by atoms with Crippen molar-refractivity contribution in [3.05, 3.63) is 24.4 Å². The maximum atomic E-state index is 12.2. The van der Waals surface area contributed by atoms with E-state index >= 15 is 0 Å². The van der Waals surface area contributed by atoms with Gasteiger partial charge in [0.2, 0.25) is 0 Å². The lowest BCUT2D eigenvalue weighted by Gasteiger charge is -2.34. The number of hydrogen-bond acceptors (Lipinski definition) is 4. The van der Waals surface area contributed by atoms with Gasteiger partial charge in [-0.1, -0.05) is 0 Å². The van der Waals surface area contributed by atoms with Gasteiger partial charge in [0, 0.05) is 11.9 Å². The zero-order valence-electron chi connectivity index (χ0n) is 13.8. The standard InChI is InChI=1S/C17H23N3O3/c1-17(2,3)23-16(21)20-8-4-5-14(11-20)22-13-6-7-15-12(9-13)10-18-19-15/h6-7,9-10,14H,4-5,8,11H2,1-3H3,(H,18,19). The van der Waals surface area contributed by atoms with E-state index in [0.29, 0.717) is 6.54 Å². The Morgan fingerprint density at radius 2 is 2.22 bits per heavy atom. The van der Waals surface area contributed by atoms with Gasteiger partial charge in [0.05, 0.1) is 18.3 Å². The maximum absolute atomic E-state index is 12.2. The normalized spacial score (nSPS) is 18.9. The molecule has 0 saturated carbocycles. The lowest BCUT2D eigenvalue weighted by molar-refractivity contribution is 0.00777. The number of hydrogen-bond donors (Lipinski definition) is 1. The number of likely N-dealkylation sites (tertiary alicyclic amines) is 1. The molecule has 2 heterocycles. The minimum absolute atomic E-state index is 0.0133. The predicted molar refractivity (Wildman–Crippen MR) is 87.6 cm³/mol. The second kappa shape index (κ2) is 6.10. The Labute approximate surface area is 135 Å². The summed E-state index contributed by atoms with van der Waals surface area (Å²) in [6.07, 6.45) is 3.34. The van der Waals surface area contributed by atoms with E-state index in [1.165, 1.54) is 0 Å². The predicted octanol–water partition coefficient (Wildman–Crippen LogP) is 3.34. The summed E-state index contributed by atoms with van der Waals surface area (Å²) in [6, 6.07) is 5.84. The molecule has 0 aliphatic carbocycles. The summed E-state index contributed by atoms with van der Waals surface area (Å²) in [5.41, 5.74) is 0.508. The van der Waals surface area contributed by atoms with Crippen molar-refractivity contribution in [2.24, 2.45) is 0 Å². The Kier molecular flexibility index (Phi) is 4.15. The molecule has 1 unspecified atom stereocenters. The number of carbonyl (C=O) groups is 1. The lowest BCUT2D eigenvalue weighted by Crippen LogP contribution is -2.46. The van der Waals surface area contributed by atoms with Crippen LogP contribution in [0.4, 0.5) is 4.79 Å². The highest BCUT2D eigenvalue weighted by atomic mass is 16.6. The van der Waals surface area contributed by atoms with Gasteiger partial charge in [-0.05, 0) is 51.8 Å². The van der Waals surface area contributed by atoms with Crippen molar-refractivity contribution in [2.75, 3.05) is 13.1 Å². The molecule has 1 aromatic carbocycles. The van der Waals surface area contributed by atoms with Crippen LogP contribution in [-0.2, 0) is 4.74 Å². The zero-order valence-corrected chi connectivity index (χ0v) is 13.8.